The molecule has 4 nitrogen and oxygen atoms in total. The lowest BCUT2D eigenvalue weighted by atomic mass is 9.92. The number of carbonyl (C=O) groups excluding carboxylic acids is 1. The van der Waals surface area contributed by atoms with E-state index in [1.165, 1.54) is 0 Å². The van der Waals surface area contributed by atoms with Crippen LogP contribution in [0.1, 0.15) is 40.5 Å². The minimum Gasteiger partial charge on any atom is -0.396 e. The zero-order valence-corrected chi connectivity index (χ0v) is 10.2. The third kappa shape index (κ3) is 3.80. The van der Waals surface area contributed by atoms with Gasteiger partial charge >= 0.3 is 0 Å². The van der Waals surface area contributed by atoms with Crippen molar-refractivity contribution in [1.82, 2.24) is 5.32 Å². The summed E-state index contributed by atoms with van der Waals surface area (Å²) in [4.78, 5) is 11.8. The molecule has 1 amide bonds. The van der Waals surface area contributed by atoms with Gasteiger partial charge in [-0.3, -0.25) is 4.79 Å². The van der Waals surface area contributed by atoms with Gasteiger partial charge in [0.25, 0.3) is 0 Å². The third-order valence-corrected chi connectivity index (χ3v) is 3.21. The molecule has 0 aliphatic heterocycles. The molecule has 90 valence electrons. The van der Waals surface area contributed by atoms with Crippen molar-refractivity contribution in [2.45, 2.75) is 52.1 Å². The van der Waals surface area contributed by atoms with Gasteiger partial charge in [-0.15, -0.1) is 0 Å². The van der Waals surface area contributed by atoms with E-state index < -0.39 is 5.54 Å². The number of rotatable bonds is 6. The van der Waals surface area contributed by atoms with E-state index >= 15 is 0 Å². The van der Waals surface area contributed by atoms with Crippen LogP contribution in [0, 0.1) is 5.92 Å². The average molecular weight is 216 g/mol. The Hall–Kier alpha value is -0.610. The number of hydrogen-bond acceptors (Lipinski definition) is 3. The monoisotopic (exact) mass is 216 g/mol. The first-order valence-corrected chi connectivity index (χ1v) is 5.62. The van der Waals surface area contributed by atoms with Crippen LogP contribution < -0.4 is 11.1 Å². The van der Waals surface area contributed by atoms with E-state index in [0.29, 0.717) is 12.8 Å². The van der Waals surface area contributed by atoms with E-state index in [1.54, 1.807) is 0 Å². The molecule has 0 saturated heterocycles. The van der Waals surface area contributed by atoms with Crippen LogP contribution in [0.2, 0.25) is 0 Å². The first kappa shape index (κ1) is 14.4. The topological polar surface area (TPSA) is 75.4 Å². The number of hydrogen-bond donors (Lipinski definition) is 3. The molecule has 0 heterocycles. The molecule has 0 radical (unpaired) electrons. The van der Waals surface area contributed by atoms with Gasteiger partial charge in [-0.25, -0.2) is 0 Å². The highest BCUT2D eigenvalue weighted by Gasteiger charge is 2.31. The van der Waals surface area contributed by atoms with Crippen LogP contribution in [0.3, 0.4) is 0 Å². The number of nitrogens with one attached hydrogen (secondary N) is 1. The van der Waals surface area contributed by atoms with Gasteiger partial charge in [0.05, 0.1) is 5.54 Å². The number of aliphatic hydroxyl groups is 1. The largest absolute Gasteiger partial charge is 0.396 e. The van der Waals surface area contributed by atoms with Crippen molar-refractivity contribution in [3.63, 3.8) is 0 Å². The summed E-state index contributed by atoms with van der Waals surface area (Å²) in [6.07, 6.45) is 1.24. The Morgan fingerprint density at radius 2 is 1.87 bits per heavy atom. The molecule has 4 heteroatoms. The number of amides is 1. The summed E-state index contributed by atoms with van der Waals surface area (Å²) in [5.41, 5.74) is 5.18. The van der Waals surface area contributed by atoms with E-state index in [2.05, 4.69) is 5.32 Å². The van der Waals surface area contributed by atoms with Crippen molar-refractivity contribution in [3.05, 3.63) is 0 Å². The van der Waals surface area contributed by atoms with Crippen molar-refractivity contribution in [3.8, 4) is 0 Å². The fraction of sp³-hybridized carbons (Fsp3) is 0.909. The molecule has 4 N–H and O–H groups in total. The maximum Gasteiger partial charge on any atom is 0.240 e. The van der Waals surface area contributed by atoms with Crippen LogP contribution in [0.5, 0.6) is 0 Å². The minimum absolute atomic E-state index is 0.0481. The highest BCUT2D eigenvalue weighted by molar-refractivity contribution is 5.86. The van der Waals surface area contributed by atoms with E-state index in [1.807, 2.05) is 27.7 Å². The molecule has 0 aromatic heterocycles. The summed E-state index contributed by atoms with van der Waals surface area (Å²) in [6, 6.07) is -0.0523. The molecule has 15 heavy (non-hydrogen) atoms. The predicted octanol–water partition coefficient (Wildman–Crippen LogP) is 0.637. The van der Waals surface area contributed by atoms with Crippen molar-refractivity contribution in [1.29, 1.82) is 0 Å². The molecule has 0 bridgehead atoms. The van der Waals surface area contributed by atoms with Crippen LogP contribution in [0.25, 0.3) is 0 Å². The van der Waals surface area contributed by atoms with Crippen LogP contribution in [-0.4, -0.2) is 29.2 Å². The standard InChI is InChI=1S/C11H24N2O2/c1-5-11(12,6-2)10(15)13-9(4)8(3)7-14/h8-9,14H,5-7,12H2,1-4H3,(H,13,15). The Balaban J connectivity index is 4.35. The number of carbonyl (C=O) groups is 1. The second-order valence-corrected chi connectivity index (χ2v) is 4.29. The second-order valence-electron chi connectivity index (χ2n) is 4.29. The number of aliphatic hydroxyl groups excluding tert-OH is 1. The second kappa shape index (κ2) is 6.08. The molecule has 0 aliphatic rings. The lowest BCUT2D eigenvalue weighted by molar-refractivity contribution is -0.127. The maximum absolute atomic E-state index is 11.8. The van der Waals surface area contributed by atoms with Gasteiger partial charge in [-0.1, -0.05) is 20.8 Å². The number of nitrogens with two attached hydrogens (primary N) is 1. The van der Waals surface area contributed by atoms with E-state index in [0.717, 1.165) is 0 Å². The van der Waals surface area contributed by atoms with Gasteiger partial charge in [0.2, 0.25) is 5.91 Å². The molecular weight excluding hydrogens is 192 g/mol. The van der Waals surface area contributed by atoms with Crippen LogP contribution in [-0.2, 0) is 4.79 Å². The smallest absolute Gasteiger partial charge is 0.240 e. The molecule has 0 rings (SSSR count). The summed E-state index contributed by atoms with van der Waals surface area (Å²) in [5, 5.41) is 11.8. The first-order chi connectivity index (χ1) is 6.91. The van der Waals surface area contributed by atoms with Crippen molar-refractivity contribution in [2.75, 3.05) is 6.61 Å². The van der Waals surface area contributed by atoms with Crippen molar-refractivity contribution < 1.29 is 9.90 Å². The summed E-state index contributed by atoms with van der Waals surface area (Å²) in [6.45, 7) is 7.65. The fourth-order valence-corrected chi connectivity index (χ4v) is 1.22. The van der Waals surface area contributed by atoms with Gasteiger partial charge < -0.3 is 16.2 Å². The minimum atomic E-state index is -0.774. The predicted molar refractivity (Wildman–Crippen MR) is 61.4 cm³/mol. The highest BCUT2D eigenvalue weighted by atomic mass is 16.3. The Labute approximate surface area is 92.2 Å². The summed E-state index contributed by atoms with van der Waals surface area (Å²) < 4.78 is 0. The maximum atomic E-state index is 11.8. The van der Waals surface area contributed by atoms with Crippen molar-refractivity contribution >= 4 is 5.91 Å². The van der Waals surface area contributed by atoms with Gasteiger partial charge in [-0.2, -0.15) is 0 Å². The van der Waals surface area contributed by atoms with Gasteiger partial charge in [0.1, 0.15) is 0 Å². The zero-order chi connectivity index (χ0) is 12.1. The average Bonchev–Trinajstić information content (AvgIpc) is 2.26. The molecule has 2 unspecified atom stereocenters. The molecular formula is C11H24N2O2. The summed E-state index contributed by atoms with van der Waals surface area (Å²) >= 11 is 0. The molecule has 2 atom stereocenters. The Morgan fingerprint density at radius 1 is 1.40 bits per heavy atom. The normalized spacial score (nSPS) is 15.9. The van der Waals surface area contributed by atoms with Crippen molar-refractivity contribution in [2.24, 2.45) is 11.7 Å². The SMILES string of the molecule is CCC(N)(CC)C(=O)NC(C)C(C)CO. The Kier molecular flexibility index (Phi) is 5.83. The van der Waals surface area contributed by atoms with Gasteiger partial charge in [-0.05, 0) is 25.7 Å². The molecule has 0 aliphatic carbocycles. The van der Waals surface area contributed by atoms with E-state index in [-0.39, 0.29) is 24.5 Å². The summed E-state index contributed by atoms with van der Waals surface area (Å²) in [7, 11) is 0. The Morgan fingerprint density at radius 3 is 2.20 bits per heavy atom. The van der Waals surface area contributed by atoms with Crippen LogP contribution in [0.15, 0.2) is 0 Å². The highest BCUT2D eigenvalue weighted by Crippen LogP contribution is 2.12. The quantitative estimate of drug-likeness (QED) is 0.610. The van der Waals surface area contributed by atoms with Gasteiger partial charge in [0, 0.05) is 12.6 Å². The lowest BCUT2D eigenvalue weighted by Crippen LogP contribution is -2.56. The third-order valence-electron chi connectivity index (χ3n) is 3.21. The molecule has 0 spiro atoms. The first-order valence-electron chi connectivity index (χ1n) is 5.62. The molecule has 0 aromatic rings. The molecule has 0 saturated carbocycles. The molecule has 0 fully saturated rings. The Bertz CT molecular complexity index is 203. The van der Waals surface area contributed by atoms with Gasteiger partial charge in [0.15, 0.2) is 0 Å². The summed E-state index contributed by atoms with van der Waals surface area (Å²) in [5.74, 6) is -0.0767. The fourth-order valence-electron chi connectivity index (χ4n) is 1.22. The van der Waals surface area contributed by atoms with E-state index in [9.17, 15) is 4.79 Å². The van der Waals surface area contributed by atoms with Crippen LogP contribution >= 0.6 is 0 Å². The van der Waals surface area contributed by atoms with Crippen LogP contribution in [0.4, 0.5) is 0 Å². The lowest BCUT2D eigenvalue weighted by Gasteiger charge is -2.29. The van der Waals surface area contributed by atoms with E-state index in [4.69, 9.17) is 10.8 Å². The zero-order valence-electron chi connectivity index (χ0n) is 10.2. The molecule has 0 aromatic carbocycles.